The number of rotatable bonds is 3. The van der Waals surface area contributed by atoms with E-state index in [4.69, 9.17) is 0 Å². The number of thiophene rings is 1. The first kappa shape index (κ1) is 9.71. The molecule has 1 atom stereocenters. The molecule has 2 nitrogen and oxygen atoms in total. The zero-order valence-corrected chi connectivity index (χ0v) is 9.22. The molecule has 76 valence electrons. The smallest absolute Gasteiger partial charge is 0.160 e. The van der Waals surface area contributed by atoms with Gasteiger partial charge < -0.3 is 4.90 Å². The predicted octanol–water partition coefficient (Wildman–Crippen LogP) is 2.94. The van der Waals surface area contributed by atoms with Gasteiger partial charge in [0, 0.05) is 23.7 Å². The Morgan fingerprint density at radius 1 is 1.71 bits per heavy atom. The molecule has 2 heterocycles. The van der Waals surface area contributed by atoms with Gasteiger partial charge in [0.15, 0.2) is 6.29 Å². The highest BCUT2D eigenvalue weighted by molar-refractivity contribution is 7.12. The van der Waals surface area contributed by atoms with Crippen molar-refractivity contribution in [3.8, 4) is 0 Å². The normalized spacial score (nSPS) is 21.5. The molecule has 0 spiro atoms. The van der Waals surface area contributed by atoms with Crippen LogP contribution in [-0.2, 0) is 0 Å². The number of hydrogen-bond acceptors (Lipinski definition) is 3. The average molecular weight is 209 g/mol. The van der Waals surface area contributed by atoms with Gasteiger partial charge in [-0.05, 0) is 25.3 Å². The Morgan fingerprint density at radius 2 is 2.57 bits per heavy atom. The van der Waals surface area contributed by atoms with Crippen molar-refractivity contribution in [3.05, 3.63) is 16.3 Å². The van der Waals surface area contributed by atoms with Crippen molar-refractivity contribution < 1.29 is 4.79 Å². The molecule has 1 aliphatic heterocycles. The van der Waals surface area contributed by atoms with Gasteiger partial charge in [-0.2, -0.15) is 0 Å². The first-order valence-corrected chi connectivity index (χ1v) is 6.03. The fourth-order valence-electron chi connectivity index (χ4n) is 2.15. The van der Waals surface area contributed by atoms with Crippen molar-refractivity contribution in [3.63, 3.8) is 0 Å². The van der Waals surface area contributed by atoms with Crippen molar-refractivity contribution >= 4 is 23.3 Å². The second-order valence-corrected chi connectivity index (χ2v) is 4.67. The molecule has 1 unspecified atom stereocenters. The van der Waals surface area contributed by atoms with Crippen LogP contribution >= 0.6 is 11.3 Å². The summed E-state index contributed by atoms with van der Waals surface area (Å²) in [6.45, 7) is 3.38. The lowest BCUT2D eigenvalue weighted by Crippen LogP contribution is -2.27. The van der Waals surface area contributed by atoms with E-state index in [0.29, 0.717) is 6.04 Å². The summed E-state index contributed by atoms with van der Waals surface area (Å²) in [6.07, 6.45) is 4.71. The van der Waals surface area contributed by atoms with Gasteiger partial charge in [0.2, 0.25) is 0 Å². The first-order valence-electron chi connectivity index (χ1n) is 5.15. The van der Waals surface area contributed by atoms with Crippen molar-refractivity contribution in [1.82, 2.24) is 0 Å². The standard InChI is InChI=1S/C11H15NOS/c1-2-9-4-3-5-12(9)10-6-11(7-13)14-8-10/h6-9H,2-5H2,1H3. The largest absolute Gasteiger partial charge is 0.368 e. The monoisotopic (exact) mass is 209 g/mol. The Bertz CT molecular complexity index is 321. The van der Waals surface area contributed by atoms with Gasteiger partial charge in [0.1, 0.15) is 0 Å². The molecule has 14 heavy (non-hydrogen) atoms. The van der Waals surface area contributed by atoms with E-state index in [1.165, 1.54) is 36.3 Å². The third kappa shape index (κ3) is 1.69. The van der Waals surface area contributed by atoms with Crippen LogP contribution in [0.5, 0.6) is 0 Å². The highest BCUT2D eigenvalue weighted by atomic mass is 32.1. The molecule has 0 radical (unpaired) electrons. The average Bonchev–Trinajstić information content (AvgIpc) is 2.85. The van der Waals surface area contributed by atoms with Crippen LogP contribution in [0.2, 0.25) is 0 Å². The first-order chi connectivity index (χ1) is 6.85. The molecular formula is C11H15NOS. The minimum absolute atomic E-state index is 0.684. The number of carbonyl (C=O) groups excluding carboxylic acids is 1. The van der Waals surface area contributed by atoms with Gasteiger partial charge in [-0.3, -0.25) is 4.79 Å². The second-order valence-electron chi connectivity index (χ2n) is 3.72. The fraction of sp³-hybridized carbons (Fsp3) is 0.545. The lowest BCUT2D eigenvalue weighted by molar-refractivity contribution is 0.112. The molecule has 1 aromatic heterocycles. The van der Waals surface area contributed by atoms with E-state index in [-0.39, 0.29) is 0 Å². The van der Waals surface area contributed by atoms with Crippen molar-refractivity contribution in [2.75, 3.05) is 11.4 Å². The molecular weight excluding hydrogens is 194 g/mol. The molecule has 0 N–H and O–H groups in total. The third-order valence-electron chi connectivity index (χ3n) is 2.90. The number of anilines is 1. The molecule has 1 fully saturated rings. The van der Waals surface area contributed by atoms with E-state index in [1.54, 1.807) is 0 Å². The topological polar surface area (TPSA) is 20.3 Å². The summed E-state index contributed by atoms with van der Waals surface area (Å²) in [5, 5.41) is 2.09. The van der Waals surface area contributed by atoms with Crippen LogP contribution in [0.1, 0.15) is 35.9 Å². The Balaban J connectivity index is 2.17. The lowest BCUT2D eigenvalue weighted by Gasteiger charge is -2.24. The molecule has 0 saturated carbocycles. The summed E-state index contributed by atoms with van der Waals surface area (Å²) < 4.78 is 0. The van der Waals surface area contributed by atoms with E-state index in [0.717, 1.165) is 17.7 Å². The van der Waals surface area contributed by atoms with Crippen LogP contribution in [0, 0.1) is 0 Å². The van der Waals surface area contributed by atoms with Crippen LogP contribution in [0.4, 0.5) is 5.69 Å². The van der Waals surface area contributed by atoms with Gasteiger partial charge in [0.25, 0.3) is 0 Å². The summed E-state index contributed by atoms with van der Waals surface area (Å²) in [4.78, 5) is 13.8. The Morgan fingerprint density at radius 3 is 3.21 bits per heavy atom. The molecule has 1 saturated heterocycles. The highest BCUT2D eigenvalue weighted by Gasteiger charge is 2.23. The van der Waals surface area contributed by atoms with E-state index < -0.39 is 0 Å². The molecule has 1 aliphatic rings. The number of nitrogens with zero attached hydrogens (tertiary/aromatic N) is 1. The van der Waals surface area contributed by atoms with Gasteiger partial charge in [0.05, 0.1) is 4.88 Å². The minimum atomic E-state index is 0.684. The van der Waals surface area contributed by atoms with Crippen LogP contribution in [0.25, 0.3) is 0 Å². The quantitative estimate of drug-likeness (QED) is 0.713. The Labute approximate surface area is 88.5 Å². The molecule has 2 rings (SSSR count). The molecule has 0 bridgehead atoms. The second kappa shape index (κ2) is 4.13. The van der Waals surface area contributed by atoms with E-state index in [9.17, 15) is 4.79 Å². The Hall–Kier alpha value is -0.830. The van der Waals surface area contributed by atoms with Gasteiger partial charge in [-0.1, -0.05) is 6.92 Å². The molecule has 0 aromatic carbocycles. The SMILES string of the molecule is CCC1CCCN1c1csc(C=O)c1. The van der Waals surface area contributed by atoms with Gasteiger partial charge in [-0.25, -0.2) is 0 Å². The molecule has 3 heteroatoms. The van der Waals surface area contributed by atoms with Crippen LogP contribution in [0.3, 0.4) is 0 Å². The maximum Gasteiger partial charge on any atom is 0.160 e. The summed E-state index contributed by atoms with van der Waals surface area (Å²) >= 11 is 1.54. The summed E-state index contributed by atoms with van der Waals surface area (Å²) in [7, 11) is 0. The molecule has 0 amide bonds. The number of carbonyl (C=O) groups is 1. The minimum Gasteiger partial charge on any atom is -0.368 e. The molecule has 1 aromatic rings. The van der Waals surface area contributed by atoms with Gasteiger partial charge in [-0.15, -0.1) is 11.3 Å². The zero-order chi connectivity index (χ0) is 9.97. The van der Waals surface area contributed by atoms with Crippen LogP contribution < -0.4 is 4.90 Å². The fourth-order valence-corrected chi connectivity index (χ4v) is 2.86. The number of aldehydes is 1. The summed E-state index contributed by atoms with van der Waals surface area (Å²) in [5.74, 6) is 0. The van der Waals surface area contributed by atoms with Crippen molar-refractivity contribution in [2.45, 2.75) is 32.2 Å². The van der Waals surface area contributed by atoms with Crippen LogP contribution in [-0.4, -0.2) is 18.9 Å². The third-order valence-corrected chi connectivity index (χ3v) is 3.75. The maximum absolute atomic E-state index is 10.6. The van der Waals surface area contributed by atoms with Crippen molar-refractivity contribution in [1.29, 1.82) is 0 Å². The lowest BCUT2D eigenvalue weighted by atomic mass is 10.1. The van der Waals surface area contributed by atoms with E-state index in [2.05, 4.69) is 17.2 Å². The highest BCUT2D eigenvalue weighted by Crippen LogP contribution is 2.30. The zero-order valence-electron chi connectivity index (χ0n) is 8.40. The van der Waals surface area contributed by atoms with Crippen LogP contribution in [0.15, 0.2) is 11.4 Å². The summed E-state index contributed by atoms with van der Waals surface area (Å²) in [5.41, 5.74) is 1.24. The maximum atomic E-state index is 10.6. The molecule has 0 aliphatic carbocycles. The van der Waals surface area contributed by atoms with Crippen molar-refractivity contribution in [2.24, 2.45) is 0 Å². The van der Waals surface area contributed by atoms with E-state index >= 15 is 0 Å². The van der Waals surface area contributed by atoms with E-state index in [1.807, 2.05) is 6.07 Å². The van der Waals surface area contributed by atoms with Gasteiger partial charge >= 0.3 is 0 Å². The number of hydrogen-bond donors (Lipinski definition) is 0. The predicted molar refractivity (Wildman–Crippen MR) is 60.4 cm³/mol. The Kier molecular flexibility index (Phi) is 2.87. The summed E-state index contributed by atoms with van der Waals surface area (Å²) in [6, 6.07) is 2.69.